The van der Waals surface area contributed by atoms with Gasteiger partial charge in [0.15, 0.2) is 5.84 Å². The van der Waals surface area contributed by atoms with Gasteiger partial charge in [0.05, 0.1) is 5.57 Å². The van der Waals surface area contributed by atoms with Crippen LogP contribution in [0.5, 0.6) is 0 Å². The van der Waals surface area contributed by atoms with Crippen LogP contribution in [0.4, 0.5) is 0 Å². The number of thioether (sulfide) groups is 1. The number of nitrogens with zero attached hydrogens (tertiary/aromatic N) is 4. The maximum absolute atomic E-state index is 12.9. The first-order chi connectivity index (χ1) is 16.7. The third-order valence-corrected chi connectivity index (χ3v) is 7.50. The van der Waals surface area contributed by atoms with E-state index in [1.54, 1.807) is 17.4 Å². The number of para-hydroxylation sites is 1. The second kappa shape index (κ2) is 8.55. The van der Waals surface area contributed by atoms with Gasteiger partial charge in [0.2, 0.25) is 5.17 Å². The van der Waals surface area contributed by atoms with E-state index in [1.165, 1.54) is 27.2 Å². The van der Waals surface area contributed by atoms with Gasteiger partial charge in [-0.3, -0.25) is 10.2 Å². The molecule has 0 fully saturated rings. The Morgan fingerprint density at radius 3 is 2.65 bits per heavy atom. The number of amides is 1. The highest BCUT2D eigenvalue weighted by molar-refractivity contribution is 8.27. The van der Waals surface area contributed by atoms with Crippen LogP contribution < -0.4 is 0 Å². The van der Waals surface area contributed by atoms with Crippen molar-refractivity contribution < 1.29 is 4.79 Å². The monoisotopic (exact) mass is 481 g/mol. The molecular formula is C26H19N5OS2. The summed E-state index contributed by atoms with van der Waals surface area (Å²) in [5.74, 6) is -0.347. The van der Waals surface area contributed by atoms with Crippen LogP contribution in [-0.4, -0.2) is 31.5 Å². The number of carbonyl (C=O) groups excluding carboxylic acids is 1. The Morgan fingerprint density at radius 2 is 1.82 bits per heavy atom. The summed E-state index contributed by atoms with van der Waals surface area (Å²) in [7, 11) is 0. The number of fused-ring (bicyclic) bond motifs is 2. The number of nitrogens with one attached hydrogen (secondary N) is 1. The first kappa shape index (κ1) is 20.8. The molecule has 0 radical (unpaired) electrons. The van der Waals surface area contributed by atoms with E-state index >= 15 is 0 Å². The molecule has 8 heteroatoms. The minimum absolute atomic E-state index is 0.0589. The Kier molecular flexibility index (Phi) is 5.24. The van der Waals surface area contributed by atoms with E-state index in [0.717, 1.165) is 28.1 Å². The van der Waals surface area contributed by atoms with Crippen molar-refractivity contribution in [2.24, 2.45) is 10.1 Å². The van der Waals surface area contributed by atoms with Crippen LogP contribution in [0.3, 0.4) is 0 Å². The van der Waals surface area contributed by atoms with Crippen LogP contribution in [0.2, 0.25) is 0 Å². The lowest BCUT2D eigenvalue weighted by atomic mass is 10.1. The van der Waals surface area contributed by atoms with Crippen molar-refractivity contribution in [2.45, 2.75) is 13.0 Å². The summed E-state index contributed by atoms with van der Waals surface area (Å²) in [6, 6.07) is 22.4. The van der Waals surface area contributed by atoms with Crippen molar-refractivity contribution in [3.63, 3.8) is 0 Å². The summed E-state index contributed by atoms with van der Waals surface area (Å²) in [6.07, 6.45) is 4.48. The predicted molar refractivity (Wildman–Crippen MR) is 141 cm³/mol. The molecule has 2 aromatic heterocycles. The molecule has 2 aliphatic heterocycles. The van der Waals surface area contributed by atoms with Gasteiger partial charge in [-0.15, -0.1) is 11.3 Å². The van der Waals surface area contributed by atoms with Crippen LogP contribution in [0.25, 0.3) is 17.0 Å². The Balaban J connectivity index is 1.35. The first-order valence-corrected chi connectivity index (χ1v) is 12.5. The topological polar surface area (TPSA) is 73.8 Å². The number of hydrazone groups is 1. The minimum atomic E-state index is -0.406. The van der Waals surface area contributed by atoms with Crippen molar-refractivity contribution in [1.82, 2.24) is 9.58 Å². The van der Waals surface area contributed by atoms with Gasteiger partial charge in [-0.1, -0.05) is 54.6 Å². The van der Waals surface area contributed by atoms with Crippen molar-refractivity contribution in [3.8, 4) is 0 Å². The van der Waals surface area contributed by atoms with Crippen LogP contribution in [0.15, 0.2) is 94.0 Å². The summed E-state index contributed by atoms with van der Waals surface area (Å²) in [5.41, 5.74) is 3.39. The van der Waals surface area contributed by atoms with Crippen molar-refractivity contribution in [1.29, 1.82) is 5.41 Å². The quantitative estimate of drug-likeness (QED) is 0.376. The zero-order chi connectivity index (χ0) is 23.1. The van der Waals surface area contributed by atoms with Gasteiger partial charge in [0, 0.05) is 40.5 Å². The Hall–Kier alpha value is -3.75. The third-order valence-electron chi connectivity index (χ3n) is 5.72. The summed E-state index contributed by atoms with van der Waals surface area (Å²) in [4.78, 5) is 18.3. The summed E-state index contributed by atoms with van der Waals surface area (Å²) < 4.78 is 2.17. The van der Waals surface area contributed by atoms with E-state index in [-0.39, 0.29) is 11.4 Å². The highest BCUT2D eigenvalue weighted by Crippen LogP contribution is 2.31. The number of hydrogen-bond acceptors (Lipinski definition) is 5. The third kappa shape index (κ3) is 3.81. The van der Waals surface area contributed by atoms with Gasteiger partial charge < -0.3 is 4.57 Å². The fourth-order valence-corrected chi connectivity index (χ4v) is 5.83. The Labute approximate surface area is 204 Å². The molecule has 0 bridgehead atoms. The van der Waals surface area contributed by atoms with Crippen LogP contribution in [0, 0.1) is 5.41 Å². The summed E-state index contributed by atoms with van der Waals surface area (Å²) in [6.45, 7) is 0.720. The van der Waals surface area contributed by atoms with Crippen LogP contribution in [-0.2, 0) is 17.8 Å². The molecule has 4 heterocycles. The van der Waals surface area contributed by atoms with Crippen LogP contribution >= 0.6 is 23.1 Å². The standard InChI is InChI=1S/C26H19N5OS2/c27-24-21(25(32)28-26-31(24)29-23(34-26)14-19-9-6-12-33-19)13-18-16-30(15-17-7-2-1-3-8-17)22-11-5-4-10-20(18)22/h1-13,16,27H,14-15H2. The lowest BCUT2D eigenvalue weighted by Gasteiger charge is -2.20. The van der Waals surface area contributed by atoms with Gasteiger partial charge >= 0.3 is 0 Å². The lowest BCUT2D eigenvalue weighted by molar-refractivity contribution is -0.114. The molecule has 6 nitrogen and oxygen atoms in total. The number of thiophene rings is 1. The molecule has 2 aliphatic rings. The van der Waals surface area contributed by atoms with Crippen molar-refractivity contribution >= 4 is 62.0 Å². The summed E-state index contributed by atoms with van der Waals surface area (Å²) in [5, 5.41) is 19.1. The molecule has 0 saturated carbocycles. The van der Waals surface area contributed by atoms with E-state index in [4.69, 9.17) is 5.41 Å². The van der Waals surface area contributed by atoms with E-state index in [2.05, 4.69) is 38.9 Å². The van der Waals surface area contributed by atoms with E-state index in [9.17, 15) is 4.79 Å². The number of amidine groups is 2. The van der Waals surface area contributed by atoms with E-state index < -0.39 is 5.91 Å². The van der Waals surface area contributed by atoms with Crippen molar-refractivity contribution in [3.05, 3.63) is 99.9 Å². The number of carbonyl (C=O) groups is 1. The molecule has 1 amide bonds. The number of aromatic nitrogens is 1. The molecule has 0 spiro atoms. The second-order valence-corrected chi connectivity index (χ2v) is 10.1. The lowest BCUT2D eigenvalue weighted by Crippen LogP contribution is -2.35. The molecule has 0 saturated heterocycles. The van der Waals surface area contributed by atoms with E-state index in [0.29, 0.717) is 11.6 Å². The van der Waals surface area contributed by atoms with E-state index in [1.807, 2.05) is 54.0 Å². The molecule has 4 aromatic rings. The molecule has 0 unspecified atom stereocenters. The molecular weight excluding hydrogens is 462 g/mol. The zero-order valence-electron chi connectivity index (χ0n) is 18.0. The number of hydrogen-bond donors (Lipinski definition) is 1. The van der Waals surface area contributed by atoms with Gasteiger partial charge in [0.1, 0.15) is 5.04 Å². The van der Waals surface area contributed by atoms with Gasteiger partial charge in [-0.2, -0.15) is 15.1 Å². The van der Waals surface area contributed by atoms with Crippen LogP contribution in [0.1, 0.15) is 16.0 Å². The van der Waals surface area contributed by atoms with Crippen molar-refractivity contribution in [2.75, 3.05) is 0 Å². The largest absolute Gasteiger partial charge is 0.342 e. The number of aliphatic imine (C=N–C) groups is 1. The highest BCUT2D eigenvalue weighted by atomic mass is 32.2. The SMILES string of the molecule is N=C1C(=Cc2cn(Cc3ccccc3)c3ccccc23)C(=O)N=C2SC(Cc3cccs3)=NN12. The first-order valence-electron chi connectivity index (χ1n) is 10.8. The average molecular weight is 482 g/mol. The molecule has 166 valence electrons. The van der Waals surface area contributed by atoms with Gasteiger partial charge in [-0.05, 0) is 40.9 Å². The fraction of sp³-hybridized carbons (Fsp3) is 0.0769. The number of rotatable bonds is 5. The fourth-order valence-electron chi connectivity index (χ4n) is 4.12. The highest BCUT2D eigenvalue weighted by Gasteiger charge is 2.35. The van der Waals surface area contributed by atoms with Gasteiger partial charge in [-0.25, -0.2) is 0 Å². The maximum atomic E-state index is 12.9. The molecule has 1 N–H and O–H groups in total. The Morgan fingerprint density at radius 1 is 1.00 bits per heavy atom. The molecule has 34 heavy (non-hydrogen) atoms. The van der Waals surface area contributed by atoms with Gasteiger partial charge in [0.25, 0.3) is 5.91 Å². The normalized spacial score (nSPS) is 16.8. The second-order valence-electron chi connectivity index (χ2n) is 7.98. The summed E-state index contributed by atoms with van der Waals surface area (Å²) >= 11 is 3.02. The predicted octanol–water partition coefficient (Wildman–Crippen LogP) is 5.61. The minimum Gasteiger partial charge on any atom is -0.342 e. The number of benzene rings is 2. The molecule has 2 aromatic carbocycles. The maximum Gasteiger partial charge on any atom is 0.283 e. The zero-order valence-corrected chi connectivity index (χ0v) is 19.6. The average Bonchev–Trinajstić information content (AvgIpc) is 3.58. The smallest absolute Gasteiger partial charge is 0.283 e. The Bertz CT molecular complexity index is 1510. The molecule has 0 aliphatic carbocycles. The molecule has 6 rings (SSSR count). The molecule has 0 atom stereocenters.